The third-order valence-electron chi connectivity index (χ3n) is 2.46. The van der Waals surface area contributed by atoms with Crippen molar-refractivity contribution in [3.63, 3.8) is 0 Å². The van der Waals surface area contributed by atoms with Gasteiger partial charge in [0.05, 0.1) is 6.54 Å². The fourth-order valence-corrected chi connectivity index (χ4v) is 1.62. The van der Waals surface area contributed by atoms with E-state index < -0.39 is 10.8 Å². The second-order valence-corrected chi connectivity index (χ2v) is 5.96. The van der Waals surface area contributed by atoms with Gasteiger partial charge in [0.2, 0.25) is 5.91 Å². The molecule has 0 aromatic heterocycles. The van der Waals surface area contributed by atoms with Crippen molar-refractivity contribution < 1.29 is 9.00 Å². The molecule has 0 spiro atoms. The number of nitrogens with one attached hydrogen (secondary N) is 2. The van der Waals surface area contributed by atoms with Crippen molar-refractivity contribution in [1.29, 1.82) is 0 Å². The molecule has 2 atom stereocenters. The summed E-state index contributed by atoms with van der Waals surface area (Å²) >= 11 is 0. The van der Waals surface area contributed by atoms with Crippen LogP contribution in [0.4, 0.5) is 0 Å². The van der Waals surface area contributed by atoms with Crippen LogP contribution in [0, 0.1) is 5.92 Å². The van der Waals surface area contributed by atoms with Crippen LogP contribution < -0.4 is 10.6 Å². The molecule has 0 aliphatic carbocycles. The Morgan fingerprint density at radius 3 is 2.44 bits per heavy atom. The van der Waals surface area contributed by atoms with Gasteiger partial charge in [-0.05, 0) is 25.8 Å². The molecule has 0 aliphatic rings. The lowest BCUT2D eigenvalue weighted by Gasteiger charge is -2.17. The highest BCUT2D eigenvalue weighted by Gasteiger charge is 2.09. The Kier molecular flexibility index (Phi) is 8.47. The quantitative estimate of drug-likeness (QED) is 0.615. The first-order valence-electron chi connectivity index (χ1n) is 5.73. The SMILES string of the molecule is CC(C)C(C)NC(=O)CNCCCS(C)=O. The van der Waals surface area contributed by atoms with E-state index in [9.17, 15) is 9.00 Å². The van der Waals surface area contributed by atoms with Gasteiger partial charge in [0.25, 0.3) is 0 Å². The van der Waals surface area contributed by atoms with Crippen molar-refractivity contribution in [2.24, 2.45) is 5.92 Å². The summed E-state index contributed by atoms with van der Waals surface area (Å²) in [5, 5.41) is 5.96. The van der Waals surface area contributed by atoms with E-state index in [1.165, 1.54) is 0 Å². The molecule has 96 valence electrons. The fraction of sp³-hybridized carbons (Fsp3) is 0.909. The zero-order valence-electron chi connectivity index (χ0n) is 10.7. The summed E-state index contributed by atoms with van der Waals surface area (Å²) in [5.41, 5.74) is 0. The second-order valence-electron chi connectivity index (χ2n) is 4.41. The Balaban J connectivity index is 3.47. The highest BCUT2D eigenvalue weighted by molar-refractivity contribution is 7.84. The first-order chi connectivity index (χ1) is 7.43. The Morgan fingerprint density at radius 1 is 1.31 bits per heavy atom. The topological polar surface area (TPSA) is 58.2 Å². The van der Waals surface area contributed by atoms with Crippen molar-refractivity contribution in [2.75, 3.05) is 25.1 Å². The van der Waals surface area contributed by atoms with Crippen LogP contribution in [0.1, 0.15) is 27.2 Å². The van der Waals surface area contributed by atoms with Gasteiger partial charge in [-0.2, -0.15) is 0 Å². The minimum atomic E-state index is -0.736. The van der Waals surface area contributed by atoms with Crippen LogP contribution in [0.15, 0.2) is 0 Å². The molecular formula is C11H24N2O2S. The first kappa shape index (κ1) is 15.6. The summed E-state index contributed by atoms with van der Waals surface area (Å²) in [7, 11) is -0.736. The molecule has 0 heterocycles. The molecule has 4 nitrogen and oxygen atoms in total. The largest absolute Gasteiger partial charge is 0.352 e. The number of hydrogen-bond acceptors (Lipinski definition) is 3. The average Bonchev–Trinajstić information content (AvgIpc) is 2.16. The van der Waals surface area contributed by atoms with Gasteiger partial charge < -0.3 is 10.6 Å². The molecule has 16 heavy (non-hydrogen) atoms. The Bertz CT molecular complexity index is 232. The Hall–Kier alpha value is -0.420. The number of carbonyl (C=O) groups excluding carboxylic acids is 1. The molecule has 0 bridgehead atoms. The van der Waals surface area contributed by atoms with Gasteiger partial charge in [0.15, 0.2) is 0 Å². The molecule has 5 heteroatoms. The van der Waals surface area contributed by atoms with Gasteiger partial charge in [-0.15, -0.1) is 0 Å². The molecule has 2 N–H and O–H groups in total. The van der Waals surface area contributed by atoms with Crippen LogP contribution in [0.5, 0.6) is 0 Å². The molecule has 0 saturated carbocycles. The molecule has 0 radical (unpaired) electrons. The minimum absolute atomic E-state index is 0.0267. The van der Waals surface area contributed by atoms with E-state index in [1.807, 2.05) is 6.92 Å². The molecule has 1 amide bonds. The lowest BCUT2D eigenvalue weighted by molar-refractivity contribution is -0.121. The summed E-state index contributed by atoms with van der Waals surface area (Å²) in [6.45, 7) is 7.24. The predicted molar refractivity (Wildman–Crippen MR) is 68.9 cm³/mol. The van der Waals surface area contributed by atoms with Crippen molar-refractivity contribution in [2.45, 2.75) is 33.2 Å². The zero-order valence-corrected chi connectivity index (χ0v) is 11.5. The number of carbonyl (C=O) groups is 1. The van der Waals surface area contributed by atoms with Gasteiger partial charge in [-0.3, -0.25) is 9.00 Å². The van der Waals surface area contributed by atoms with Crippen molar-refractivity contribution in [3.05, 3.63) is 0 Å². The van der Waals surface area contributed by atoms with Gasteiger partial charge in [-0.25, -0.2) is 0 Å². The summed E-state index contributed by atoms with van der Waals surface area (Å²) < 4.78 is 10.8. The standard InChI is InChI=1S/C11H24N2O2S/c1-9(2)10(3)13-11(14)8-12-6-5-7-16(4)15/h9-10,12H,5-8H2,1-4H3,(H,13,14). The van der Waals surface area contributed by atoms with Crippen LogP contribution in [0.3, 0.4) is 0 Å². The van der Waals surface area contributed by atoms with Gasteiger partial charge in [0, 0.05) is 28.9 Å². The summed E-state index contributed by atoms with van der Waals surface area (Å²) in [5.74, 6) is 1.17. The molecule has 0 aliphatic heterocycles. The lowest BCUT2D eigenvalue weighted by Crippen LogP contribution is -2.41. The van der Waals surface area contributed by atoms with Gasteiger partial charge in [-0.1, -0.05) is 13.8 Å². The fourth-order valence-electron chi connectivity index (χ4n) is 1.07. The maximum absolute atomic E-state index is 11.4. The van der Waals surface area contributed by atoms with E-state index in [0.29, 0.717) is 18.2 Å². The highest BCUT2D eigenvalue weighted by atomic mass is 32.2. The van der Waals surface area contributed by atoms with Crippen LogP contribution >= 0.6 is 0 Å². The second kappa shape index (κ2) is 8.70. The molecule has 2 unspecified atom stereocenters. The zero-order chi connectivity index (χ0) is 12.6. The predicted octanol–water partition coefficient (Wildman–Crippen LogP) is 0.505. The molecular weight excluding hydrogens is 224 g/mol. The number of hydrogen-bond donors (Lipinski definition) is 2. The van der Waals surface area contributed by atoms with Crippen molar-refractivity contribution >= 4 is 16.7 Å². The molecule has 0 aromatic rings. The van der Waals surface area contributed by atoms with E-state index in [0.717, 1.165) is 13.0 Å². The third kappa shape index (κ3) is 8.85. The molecule has 0 saturated heterocycles. The molecule has 0 aromatic carbocycles. The van der Waals surface area contributed by atoms with E-state index in [2.05, 4.69) is 24.5 Å². The number of rotatable bonds is 8. The molecule has 0 fully saturated rings. The summed E-state index contributed by atoms with van der Waals surface area (Å²) in [6, 6.07) is 0.206. The maximum atomic E-state index is 11.4. The van der Waals surface area contributed by atoms with Gasteiger partial charge in [0.1, 0.15) is 0 Å². The average molecular weight is 248 g/mol. The minimum Gasteiger partial charge on any atom is -0.352 e. The highest BCUT2D eigenvalue weighted by Crippen LogP contribution is 1.98. The lowest BCUT2D eigenvalue weighted by atomic mass is 10.1. The van der Waals surface area contributed by atoms with E-state index >= 15 is 0 Å². The monoisotopic (exact) mass is 248 g/mol. The van der Waals surface area contributed by atoms with E-state index in [4.69, 9.17) is 0 Å². The van der Waals surface area contributed by atoms with Crippen LogP contribution in [-0.4, -0.2) is 41.3 Å². The number of amides is 1. The smallest absolute Gasteiger partial charge is 0.234 e. The normalized spacial score (nSPS) is 14.8. The van der Waals surface area contributed by atoms with Gasteiger partial charge >= 0.3 is 0 Å². The van der Waals surface area contributed by atoms with Crippen molar-refractivity contribution in [3.8, 4) is 0 Å². The third-order valence-corrected chi connectivity index (χ3v) is 3.32. The summed E-state index contributed by atoms with van der Waals surface area (Å²) in [6.07, 6.45) is 2.53. The van der Waals surface area contributed by atoms with Crippen LogP contribution in [0.2, 0.25) is 0 Å². The van der Waals surface area contributed by atoms with Crippen molar-refractivity contribution in [1.82, 2.24) is 10.6 Å². The maximum Gasteiger partial charge on any atom is 0.234 e. The first-order valence-corrected chi connectivity index (χ1v) is 7.46. The van der Waals surface area contributed by atoms with E-state index in [1.54, 1.807) is 6.26 Å². The summed E-state index contributed by atoms with van der Waals surface area (Å²) in [4.78, 5) is 11.4. The Labute approximate surface area is 101 Å². The van der Waals surface area contributed by atoms with Crippen LogP contribution in [0.25, 0.3) is 0 Å². The van der Waals surface area contributed by atoms with Crippen LogP contribution in [-0.2, 0) is 15.6 Å². The Morgan fingerprint density at radius 2 is 1.94 bits per heavy atom. The molecule has 0 rings (SSSR count). The van der Waals surface area contributed by atoms with E-state index in [-0.39, 0.29) is 11.9 Å².